The van der Waals surface area contributed by atoms with Gasteiger partial charge in [-0.05, 0) is 25.7 Å². The summed E-state index contributed by atoms with van der Waals surface area (Å²) in [6.45, 7) is 0. The first-order valence-electron chi connectivity index (χ1n) is 4.83. The molecule has 1 saturated carbocycles. The largest absolute Gasteiger partial charge is 0.335 e. The van der Waals surface area contributed by atoms with Crippen molar-refractivity contribution in [3.8, 4) is 0 Å². The van der Waals surface area contributed by atoms with E-state index in [-0.39, 0.29) is 18.1 Å². The standard InChI is InChI=1S/C9H19N3O/c1-12(2)9(13)11-8-5-3-4-7(10)6-8/h7-8H,3-6,10H2,1-2H3,(H,11,13). The first-order valence-corrected chi connectivity index (χ1v) is 4.83. The average Bonchev–Trinajstić information content (AvgIpc) is 2.04. The lowest BCUT2D eigenvalue weighted by molar-refractivity contribution is 0.207. The normalized spacial score (nSPS) is 28.2. The van der Waals surface area contributed by atoms with Crippen molar-refractivity contribution in [2.24, 2.45) is 5.73 Å². The van der Waals surface area contributed by atoms with Gasteiger partial charge in [0.1, 0.15) is 0 Å². The molecule has 13 heavy (non-hydrogen) atoms. The van der Waals surface area contributed by atoms with Crippen LogP contribution in [0.3, 0.4) is 0 Å². The van der Waals surface area contributed by atoms with E-state index in [1.807, 2.05) is 0 Å². The lowest BCUT2D eigenvalue weighted by Crippen LogP contribution is -2.45. The number of nitrogens with one attached hydrogen (secondary N) is 1. The molecule has 0 spiro atoms. The van der Waals surface area contributed by atoms with Crippen molar-refractivity contribution in [3.05, 3.63) is 0 Å². The van der Waals surface area contributed by atoms with Gasteiger partial charge in [0.25, 0.3) is 0 Å². The number of carbonyl (C=O) groups is 1. The van der Waals surface area contributed by atoms with Crippen molar-refractivity contribution < 1.29 is 4.79 Å². The number of rotatable bonds is 1. The molecule has 0 aromatic heterocycles. The second-order valence-electron chi connectivity index (χ2n) is 3.97. The van der Waals surface area contributed by atoms with Crippen LogP contribution < -0.4 is 11.1 Å². The predicted octanol–water partition coefficient (Wildman–Crippen LogP) is 0.527. The molecule has 4 nitrogen and oxygen atoms in total. The highest BCUT2D eigenvalue weighted by Crippen LogP contribution is 2.16. The van der Waals surface area contributed by atoms with Gasteiger partial charge in [-0.15, -0.1) is 0 Å². The van der Waals surface area contributed by atoms with Gasteiger partial charge < -0.3 is 16.0 Å². The molecule has 0 radical (unpaired) electrons. The Morgan fingerprint density at radius 2 is 2.15 bits per heavy atom. The molecule has 3 N–H and O–H groups in total. The summed E-state index contributed by atoms with van der Waals surface area (Å²) in [6, 6.07) is 0.527. The zero-order valence-electron chi connectivity index (χ0n) is 8.42. The average molecular weight is 185 g/mol. The minimum Gasteiger partial charge on any atom is -0.335 e. The molecule has 0 heterocycles. The van der Waals surface area contributed by atoms with Crippen LogP contribution in [0.5, 0.6) is 0 Å². The van der Waals surface area contributed by atoms with E-state index < -0.39 is 0 Å². The molecule has 2 unspecified atom stereocenters. The third-order valence-electron chi connectivity index (χ3n) is 2.45. The summed E-state index contributed by atoms with van der Waals surface area (Å²) in [4.78, 5) is 12.8. The van der Waals surface area contributed by atoms with E-state index in [4.69, 9.17) is 5.73 Å². The smallest absolute Gasteiger partial charge is 0.317 e. The number of hydrogen-bond donors (Lipinski definition) is 2. The zero-order valence-corrected chi connectivity index (χ0v) is 8.42. The van der Waals surface area contributed by atoms with Crippen molar-refractivity contribution in [2.75, 3.05) is 14.1 Å². The minimum absolute atomic E-state index is 0.0147. The van der Waals surface area contributed by atoms with Gasteiger partial charge in [-0.3, -0.25) is 0 Å². The molecule has 0 aromatic carbocycles. The Morgan fingerprint density at radius 3 is 2.69 bits per heavy atom. The molecule has 2 amide bonds. The van der Waals surface area contributed by atoms with E-state index in [2.05, 4.69) is 5.32 Å². The number of urea groups is 1. The maximum Gasteiger partial charge on any atom is 0.317 e. The van der Waals surface area contributed by atoms with E-state index in [0.717, 1.165) is 25.7 Å². The van der Waals surface area contributed by atoms with Crippen molar-refractivity contribution >= 4 is 6.03 Å². The van der Waals surface area contributed by atoms with E-state index in [1.54, 1.807) is 19.0 Å². The molecule has 0 saturated heterocycles. The SMILES string of the molecule is CN(C)C(=O)NC1CCCC(N)C1. The Bertz CT molecular complexity index is 182. The number of amides is 2. The van der Waals surface area contributed by atoms with Crippen LogP contribution in [0.4, 0.5) is 4.79 Å². The third kappa shape index (κ3) is 3.22. The van der Waals surface area contributed by atoms with Gasteiger partial charge in [-0.25, -0.2) is 4.79 Å². The molecule has 1 fully saturated rings. The van der Waals surface area contributed by atoms with Gasteiger partial charge in [0.15, 0.2) is 0 Å². The van der Waals surface area contributed by atoms with E-state index in [0.29, 0.717) is 0 Å². The molecule has 4 heteroatoms. The molecule has 1 rings (SSSR count). The highest BCUT2D eigenvalue weighted by atomic mass is 16.2. The second-order valence-corrected chi connectivity index (χ2v) is 3.97. The first-order chi connectivity index (χ1) is 6.09. The maximum absolute atomic E-state index is 11.3. The fraction of sp³-hybridized carbons (Fsp3) is 0.889. The predicted molar refractivity (Wildman–Crippen MR) is 52.5 cm³/mol. The monoisotopic (exact) mass is 185 g/mol. The van der Waals surface area contributed by atoms with Crippen molar-refractivity contribution in [1.82, 2.24) is 10.2 Å². The fourth-order valence-corrected chi connectivity index (χ4v) is 1.66. The van der Waals surface area contributed by atoms with Gasteiger partial charge in [-0.2, -0.15) is 0 Å². The summed E-state index contributed by atoms with van der Waals surface area (Å²) in [6.07, 6.45) is 4.20. The number of carbonyl (C=O) groups excluding carboxylic acids is 1. The molecule has 1 aliphatic rings. The first kappa shape index (κ1) is 10.3. The molecule has 0 aromatic rings. The molecule has 0 aliphatic heterocycles. The second kappa shape index (κ2) is 4.46. The quantitative estimate of drug-likeness (QED) is 0.626. The van der Waals surface area contributed by atoms with Crippen LogP contribution in [-0.4, -0.2) is 37.1 Å². The number of hydrogen-bond acceptors (Lipinski definition) is 2. The van der Waals surface area contributed by atoms with Crippen molar-refractivity contribution in [2.45, 2.75) is 37.8 Å². The van der Waals surface area contributed by atoms with Crippen LogP contribution in [0.25, 0.3) is 0 Å². The minimum atomic E-state index is -0.0147. The van der Waals surface area contributed by atoms with Crippen LogP contribution in [-0.2, 0) is 0 Å². The van der Waals surface area contributed by atoms with Gasteiger partial charge in [0.2, 0.25) is 0 Å². The summed E-state index contributed by atoms with van der Waals surface area (Å²) in [5.41, 5.74) is 5.81. The van der Waals surface area contributed by atoms with Gasteiger partial charge in [0.05, 0.1) is 0 Å². The Kier molecular flexibility index (Phi) is 3.54. The topological polar surface area (TPSA) is 58.4 Å². The van der Waals surface area contributed by atoms with Crippen molar-refractivity contribution in [1.29, 1.82) is 0 Å². The van der Waals surface area contributed by atoms with Crippen LogP contribution in [0.2, 0.25) is 0 Å². The fourth-order valence-electron chi connectivity index (χ4n) is 1.66. The Balaban J connectivity index is 2.31. The van der Waals surface area contributed by atoms with E-state index in [9.17, 15) is 4.79 Å². The van der Waals surface area contributed by atoms with Gasteiger partial charge in [-0.1, -0.05) is 0 Å². The van der Waals surface area contributed by atoms with Crippen LogP contribution in [0, 0.1) is 0 Å². The summed E-state index contributed by atoms with van der Waals surface area (Å²) in [7, 11) is 3.50. The molecular weight excluding hydrogens is 166 g/mol. The molecule has 0 bridgehead atoms. The zero-order chi connectivity index (χ0) is 9.84. The Labute approximate surface area is 79.5 Å². The summed E-state index contributed by atoms with van der Waals surface area (Å²) < 4.78 is 0. The summed E-state index contributed by atoms with van der Waals surface area (Å²) in [5.74, 6) is 0. The molecule has 1 aliphatic carbocycles. The molecule has 76 valence electrons. The Hall–Kier alpha value is -0.770. The Morgan fingerprint density at radius 1 is 1.46 bits per heavy atom. The lowest BCUT2D eigenvalue weighted by Gasteiger charge is -2.28. The van der Waals surface area contributed by atoms with Crippen LogP contribution >= 0.6 is 0 Å². The summed E-state index contributed by atoms with van der Waals surface area (Å²) in [5, 5.41) is 2.96. The highest BCUT2D eigenvalue weighted by molar-refractivity contribution is 5.73. The summed E-state index contributed by atoms with van der Waals surface area (Å²) >= 11 is 0. The number of nitrogens with zero attached hydrogens (tertiary/aromatic N) is 1. The van der Waals surface area contributed by atoms with Crippen LogP contribution in [0.15, 0.2) is 0 Å². The van der Waals surface area contributed by atoms with E-state index >= 15 is 0 Å². The molecular formula is C9H19N3O. The van der Waals surface area contributed by atoms with Gasteiger partial charge in [0, 0.05) is 26.2 Å². The van der Waals surface area contributed by atoms with E-state index in [1.165, 1.54) is 0 Å². The maximum atomic E-state index is 11.3. The number of nitrogens with two attached hydrogens (primary N) is 1. The van der Waals surface area contributed by atoms with Gasteiger partial charge >= 0.3 is 6.03 Å². The highest BCUT2D eigenvalue weighted by Gasteiger charge is 2.20. The molecule has 2 atom stereocenters. The lowest BCUT2D eigenvalue weighted by atomic mass is 9.92. The van der Waals surface area contributed by atoms with Crippen LogP contribution in [0.1, 0.15) is 25.7 Å². The third-order valence-corrected chi connectivity index (χ3v) is 2.45. The van der Waals surface area contributed by atoms with Crippen molar-refractivity contribution in [3.63, 3.8) is 0 Å².